The number of amides is 2. The lowest BCUT2D eigenvalue weighted by Crippen LogP contribution is -2.52. The fraction of sp³-hybridized carbons (Fsp3) is 0.300. The molecule has 0 spiro atoms. The summed E-state index contributed by atoms with van der Waals surface area (Å²) < 4.78 is 0. The number of carbonyl (C=O) groups is 4. The van der Waals surface area contributed by atoms with Crippen LogP contribution in [-0.4, -0.2) is 50.0 Å². The highest BCUT2D eigenvalue weighted by Crippen LogP contribution is 2.50. The number of aliphatic hydroxyl groups is 2. The Balaban J connectivity index is 1.87. The van der Waals surface area contributed by atoms with Crippen molar-refractivity contribution < 1.29 is 39.6 Å². The molecule has 9 N–H and O–H groups in total. The summed E-state index contributed by atoms with van der Waals surface area (Å²) in [5.74, 6) is -7.34. The molecule has 0 aromatic heterocycles. The standard InChI is InChI=1S/C20H19N3O8/c21-14-7-4-5-3-6-8(23-20(30)31)1-2-9(24)11(6)15(25)10(5)16(26)12(7)17(27)13(18(14)28)19(22)29/h1-2,5,7,12,14,23-24,26,28H,3-4,21H2,(H2,22,29)(H,30,31)/t5?,7?,12?,14-/m0/s1. The van der Waals surface area contributed by atoms with Gasteiger partial charge in [0.1, 0.15) is 22.8 Å². The number of phenolic OH excluding ortho intramolecular Hbond substituents is 1. The van der Waals surface area contributed by atoms with Crippen molar-refractivity contribution in [1.82, 2.24) is 0 Å². The molecule has 0 radical (unpaired) electrons. The van der Waals surface area contributed by atoms with E-state index in [1.54, 1.807) is 0 Å². The molecule has 3 unspecified atom stereocenters. The fourth-order valence-electron chi connectivity index (χ4n) is 4.93. The predicted molar refractivity (Wildman–Crippen MR) is 104 cm³/mol. The molecule has 11 heteroatoms. The second kappa shape index (κ2) is 6.84. The van der Waals surface area contributed by atoms with Gasteiger partial charge in [-0.25, -0.2) is 4.79 Å². The van der Waals surface area contributed by atoms with E-state index in [0.717, 1.165) is 6.07 Å². The number of ketones is 2. The molecule has 0 saturated carbocycles. The van der Waals surface area contributed by atoms with Gasteiger partial charge in [-0.1, -0.05) is 0 Å². The molecule has 11 nitrogen and oxygen atoms in total. The number of allylic oxidation sites excluding steroid dienone is 2. The summed E-state index contributed by atoms with van der Waals surface area (Å²) in [6, 6.07) is 1.30. The molecule has 3 aliphatic rings. The number of hydrogen-bond acceptors (Lipinski definition) is 8. The molecular formula is C20H19N3O8. The van der Waals surface area contributed by atoms with E-state index in [-0.39, 0.29) is 35.2 Å². The number of phenols is 1. The summed E-state index contributed by atoms with van der Waals surface area (Å²) in [5.41, 5.74) is 10.6. The topological polar surface area (TPSA) is 213 Å². The van der Waals surface area contributed by atoms with Crippen LogP contribution in [0, 0.1) is 17.8 Å². The van der Waals surface area contributed by atoms with E-state index in [1.165, 1.54) is 6.07 Å². The minimum atomic E-state index is -1.36. The Labute approximate surface area is 174 Å². The van der Waals surface area contributed by atoms with Gasteiger partial charge in [-0.15, -0.1) is 0 Å². The summed E-state index contributed by atoms with van der Waals surface area (Å²) >= 11 is 0. The normalized spacial score (nSPS) is 27.4. The first-order valence-corrected chi connectivity index (χ1v) is 9.39. The van der Waals surface area contributed by atoms with Gasteiger partial charge in [-0.3, -0.25) is 19.7 Å². The maximum Gasteiger partial charge on any atom is 0.409 e. The molecule has 4 atom stereocenters. The molecular weight excluding hydrogens is 410 g/mol. The van der Waals surface area contributed by atoms with Crippen molar-refractivity contribution in [2.45, 2.75) is 18.9 Å². The SMILES string of the molecule is NC(=O)C1=C(O)[C@@H](N)C2CC3Cc4c(NC(=O)O)ccc(O)c4C(=O)C3=C(O)C2C1=O. The summed E-state index contributed by atoms with van der Waals surface area (Å²) in [5, 5.41) is 42.7. The van der Waals surface area contributed by atoms with Crippen molar-refractivity contribution in [3.05, 3.63) is 45.9 Å². The number of nitrogens with two attached hydrogens (primary N) is 2. The number of primary amides is 1. The average molecular weight is 429 g/mol. The number of Topliss-reactive ketones (excluding diaryl/α,β-unsaturated/α-hetero) is 2. The van der Waals surface area contributed by atoms with Crippen molar-refractivity contribution in [2.24, 2.45) is 29.2 Å². The maximum atomic E-state index is 13.2. The number of fused-ring (bicyclic) bond motifs is 3. The van der Waals surface area contributed by atoms with Crippen LogP contribution in [0.5, 0.6) is 5.75 Å². The van der Waals surface area contributed by atoms with Gasteiger partial charge in [0.25, 0.3) is 5.91 Å². The second-order valence-electron chi connectivity index (χ2n) is 7.84. The molecule has 162 valence electrons. The van der Waals surface area contributed by atoms with Gasteiger partial charge >= 0.3 is 6.09 Å². The number of aliphatic hydroxyl groups excluding tert-OH is 2. The Bertz CT molecular complexity index is 1140. The van der Waals surface area contributed by atoms with Gasteiger partial charge in [0.05, 0.1) is 17.5 Å². The van der Waals surface area contributed by atoms with Crippen molar-refractivity contribution in [3.8, 4) is 5.75 Å². The van der Waals surface area contributed by atoms with Crippen LogP contribution in [0.25, 0.3) is 0 Å². The number of nitrogens with one attached hydrogen (secondary N) is 1. The van der Waals surface area contributed by atoms with Crippen LogP contribution < -0.4 is 16.8 Å². The Morgan fingerprint density at radius 3 is 2.39 bits per heavy atom. The first kappa shape index (κ1) is 20.4. The summed E-state index contributed by atoms with van der Waals surface area (Å²) in [6.07, 6.45) is -1.19. The quantitative estimate of drug-likeness (QED) is 0.257. The van der Waals surface area contributed by atoms with Gasteiger partial charge in [-0.2, -0.15) is 0 Å². The molecule has 0 heterocycles. The second-order valence-corrected chi connectivity index (χ2v) is 7.84. The molecule has 2 amide bonds. The van der Waals surface area contributed by atoms with Gasteiger partial charge in [0.15, 0.2) is 11.6 Å². The van der Waals surface area contributed by atoms with Gasteiger partial charge in [0.2, 0.25) is 0 Å². The molecule has 1 aromatic carbocycles. The van der Waals surface area contributed by atoms with Crippen molar-refractivity contribution in [2.75, 3.05) is 5.32 Å². The van der Waals surface area contributed by atoms with Crippen molar-refractivity contribution in [3.63, 3.8) is 0 Å². The molecule has 4 rings (SSSR count). The first-order chi connectivity index (χ1) is 14.5. The monoisotopic (exact) mass is 429 g/mol. The van der Waals surface area contributed by atoms with Crippen LogP contribution in [0.4, 0.5) is 10.5 Å². The maximum absolute atomic E-state index is 13.2. The van der Waals surface area contributed by atoms with Crippen LogP contribution in [0.3, 0.4) is 0 Å². The highest BCUT2D eigenvalue weighted by atomic mass is 16.4. The van der Waals surface area contributed by atoms with Crippen LogP contribution in [0.15, 0.2) is 34.8 Å². The number of carbonyl (C=O) groups excluding carboxylic acids is 3. The van der Waals surface area contributed by atoms with Crippen LogP contribution in [0.1, 0.15) is 22.3 Å². The third kappa shape index (κ3) is 2.85. The zero-order chi connectivity index (χ0) is 22.8. The first-order valence-electron chi connectivity index (χ1n) is 9.39. The van der Waals surface area contributed by atoms with E-state index in [1.807, 2.05) is 0 Å². The predicted octanol–water partition coefficient (Wildman–Crippen LogP) is 0.493. The highest BCUT2D eigenvalue weighted by Gasteiger charge is 2.53. The smallest absolute Gasteiger partial charge is 0.409 e. The summed E-state index contributed by atoms with van der Waals surface area (Å²) in [7, 11) is 0. The average Bonchev–Trinajstić information content (AvgIpc) is 2.67. The molecule has 0 saturated heterocycles. The van der Waals surface area contributed by atoms with E-state index in [2.05, 4.69) is 5.32 Å². The minimum Gasteiger partial charge on any atom is -0.511 e. The van der Waals surface area contributed by atoms with Gasteiger partial charge in [0, 0.05) is 11.3 Å². The fourth-order valence-corrected chi connectivity index (χ4v) is 4.93. The Hall–Kier alpha value is -3.86. The zero-order valence-corrected chi connectivity index (χ0v) is 16.0. The van der Waals surface area contributed by atoms with Crippen molar-refractivity contribution >= 4 is 29.3 Å². The Morgan fingerprint density at radius 1 is 1.10 bits per heavy atom. The number of carboxylic acid groups (broad SMARTS) is 1. The van der Waals surface area contributed by atoms with Crippen LogP contribution >= 0.6 is 0 Å². The van der Waals surface area contributed by atoms with E-state index in [0.29, 0.717) is 0 Å². The Kier molecular flexibility index (Phi) is 4.51. The van der Waals surface area contributed by atoms with Crippen LogP contribution in [-0.2, 0) is 16.0 Å². The lowest BCUT2D eigenvalue weighted by atomic mass is 9.61. The highest BCUT2D eigenvalue weighted by molar-refractivity contribution is 6.22. The minimum absolute atomic E-state index is 0.0712. The molecule has 0 aliphatic heterocycles. The third-order valence-electron chi connectivity index (χ3n) is 6.23. The lowest BCUT2D eigenvalue weighted by molar-refractivity contribution is -0.126. The number of rotatable bonds is 2. The molecule has 0 fully saturated rings. The number of hydrogen-bond donors (Lipinski definition) is 7. The van der Waals surface area contributed by atoms with E-state index < -0.39 is 70.2 Å². The zero-order valence-electron chi connectivity index (χ0n) is 16.0. The summed E-state index contributed by atoms with van der Waals surface area (Å²) in [6.45, 7) is 0. The number of aromatic hydroxyl groups is 1. The van der Waals surface area contributed by atoms with E-state index >= 15 is 0 Å². The lowest BCUT2D eigenvalue weighted by Gasteiger charge is -2.43. The van der Waals surface area contributed by atoms with Crippen molar-refractivity contribution in [1.29, 1.82) is 0 Å². The van der Waals surface area contributed by atoms with Gasteiger partial charge in [-0.05, 0) is 42.4 Å². The van der Waals surface area contributed by atoms with E-state index in [4.69, 9.17) is 16.6 Å². The number of anilines is 1. The molecule has 3 aliphatic carbocycles. The summed E-state index contributed by atoms with van der Waals surface area (Å²) in [4.78, 5) is 48.8. The van der Waals surface area contributed by atoms with Gasteiger partial charge < -0.3 is 31.9 Å². The van der Waals surface area contributed by atoms with E-state index in [9.17, 15) is 34.5 Å². The third-order valence-corrected chi connectivity index (χ3v) is 6.23. The van der Waals surface area contributed by atoms with Crippen LogP contribution in [0.2, 0.25) is 0 Å². The molecule has 0 bridgehead atoms. The number of benzene rings is 1. The largest absolute Gasteiger partial charge is 0.511 e. The Morgan fingerprint density at radius 2 is 1.77 bits per heavy atom. The molecule has 31 heavy (non-hydrogen) atoms. The molecule has 1 aromatic rings.